The number of nitrogens with one attached hydrogen (secondary N) is 1. The SMILES string of the molecule is COc1cccc(N2CC(=O)Nc3c(C(N)=O)nc(-c4cccc(O)c4)nc32)c1. The number of aromatic hydroxyl groups is 1. The third-order valence-electron chi connectivity index (χ3n) is 4.41. The highest BCUT2D eigenvalue weighted by Gasteiger charge is 2.30. The molecule has 4 rings (SSSR count). The average Bonchev–Trinajstić information content (AvgIpc) is 2.72. The Hall–Kier alpha value is -4.14. The molecule has 1 aliphatic rings. The van der Waals surface area contributed by atoms with E-state index in [9.17, 15) is 14.7 Å². The number of carbonyl (C=O) groups excluding carboxylic acids is 2. The predicted molar refractivity (Wildman–Crippen MR) is 106 cm³/mol. The Balaban J connectivity index is 1.94. The first-order valence-electron chi connectivity index (χ1n) is 8.69. The molecule has 2 aromatic carbocycles. The number of ether oxygens (including phenoxy) is 1. The summed E-state index contributed by atoms with van der Waals surface area (Å²) in [6.45, 7) is -0.0190. The Bertz CT molecular complexity index is 1130. The fraction of sp³-hybridized carbons (Fsp3) is 0.100. The number of rotatable bonds is 4. The van der Waals surface area contributed by atoms with E-state index in [1.54, 1.807) is 48.4 Å². The first-order valence-corrected chi connectivity index (χ1v) is 8.69. The van der Waals surface area contributed by atoms with Gasteiger partial charge >= 0.3 is 0 Å². The summed E-state index contributed by atoms with van der Waals surface area (Å²) in [5, 5.41) is 12.4. The Morgan fingerprint density at radius 3 is 2.72 bits per heavy atom. The van der Waals surface area contributed by atoms with Crippen molar-refractivity contribution in [2.45, 2.75) is 0 Å². The van der Waals surface area contributed by atoms with Crippen LogP contribution in [0.25, 0.3) is 11.4 Å². The summed E-state index contributed by atoms with van der Waals surface area (Å²) in [5.41, 5.74) is 6.69. The number of hydrogen-bond donors (Lipinski definition) is 3. The van der Waals surface area contributed by atoms with Crippen molar-refractivity contribution in [2.24, 2.45) is 5.73 Å². The van der Waals surface area contributed by atoms with Crippen LogP contribution in [0.5, 0.6) is 11.5 Å². The number of amides is 2. The summed E-state index contributed by atoms with van der Waals surface area (Å²) in [4.78, 5) is 34.8. The van der Waals surface area contributed by atoms with Crippen molar-refractivity contribution in [3.8, 4) is 22.9 Å². The zero-order chi connectivity index (χ0) is 20.5. The third kappa shape index (κ3) is 3.41. The van der Waals surface area contributed by atoms with Gasteiger partial charge in [0.2, 0.25) is 5.91 Å². The molecular formula is C20H17N5O4. The molecule has 0 spiro atoms. The molecule has 0 saturated heterocycles. The Morgan fingerprint density at radius 1 is 1.21 bits per heavy atom. The Labute approximate surface area is 165 Å². The van der Waals surface area contributed by atoms with Crippen molar-refractivity contribution in [3.05, 3.63) is 54.2 Å². The number of hydrogen-bond acceptors (Lipinski definition) is 7. The fourth-order valence-electron chi connectivity index (χ4n) is 3.10. The summed E-state index contributed by atoms with van der Waals surface area (Å²) in [6.07, 6.45) is 0. The molecule has 9 heteroatoms. The molecular weight excluding hydrogens is 374 g/mol. The zero-order valence-corrected chi connectivity index (χ0v) is 15.4. The van der Waals surface area contributed by atoms with Crippen molar-refractivity contribution in [2.75, 3.05) is 23.9 Å². The highest BCUT2D eigenvalue weighted by Crippen LogP contribution is 2.37. The molecule has 0 unspecified atom stereocenters. The van der Waals surface area contributed by atoms with Crippen LogP contribution in [0.4, 0.5) is 17.2 Å². The van der Waals surface area contributed by atoms with E-state index in [4.69, 9.17) is 10.5 Å². The van der Waals surface area contributed by atoms with Gasteiger partial charge in [0, 0.05) is 17.3 Å². The van der Waals surface area contributed by atoms with Crippen LogP contribution in [0, 0.1) is 0 Å². The number of anilines is 3. The second kappa shape index (κ2) is 7.12. The van der Waals surface area contributed by atoms with E-state index >= 15 is 0 Å². The molecule has 146 valence electrons. The lowest BCUT2D eigenvalue weighted by molar-refractivity contribution is -0.115. The van der Waals surface area contributed by atoms with E-state index in [2.05, 4.69) is 15.3 Å². The smallest absolute Gasteiger partial charge is 0.269 e. The number of phenols is 1. The van der Waals surface area contributed by atoms with Gasteiger partial charge in [0.15, 0.2) is 17.3 Å². The molecule has 0 saturated carbocycles. The summed E-state index contributed by atoms with van der Waals surface area (Å²) in [6, 6.07) is 13.4. The van der Waals surface area contributed by atoms with Crippen molar-refractivity contribution < 1.29 is 19.4 Å². The Morgan fingerprint density at radius 2 is 2.00 bits per heavy atom. The number of nitrogens with zero attached hydrogens (tertiary/aromatic N) is 3. The molecule has 1 aromatic heterocycles. The second-order valence-electron chi connectivity index (χ2n) is 6.34. The maximum absolute atomic E-state index is 12.3. The van der Waals surface area contributed by atoms with Crippen LogP contribution >= 0.6 is 0 Å². The van der Waals surface area contributed by atoms with Crippen LogP contribution in [0.2, 0.25) is 0 Å². The van der Waals surface area contributed by atoms with Gasteiger partial charge in [0.25, 0.3) is 5.91 Å². The first-order chi connectivity index (χ1) is 14.0. The number of benzene rings is 2. The minimum Gasteiger partial charge on any atom is -0.508 e. The highest BCUT2D eigenvalue weighted by atomic mass is 16.5. The van der Waals surface area contributed by atoms with Gasteiger partial charge < -0.3 is 25.8 Å². The van der Waals surface area contributed by atoms with Crippen molar-refractivity contribution >= 4 is 29.0 Å². The highest BCUT2D eigenvalue weighted by molar-refractivity contribution is 6.09. The summed E-state index contributed by atoms with van der Waals surface area (Å²) in [5.74, 6) is 0.00156. The topological polar surface area (TPSA) is 131 Å². The zero-order valence-electron chi connectivity index (χ0n) is 15.4. The van der Waals surface area contributed by atoms with Crippen molar-refractivity contribution in [1.82, 2.24) is 9.97 Å². The summed E-state index contributed by atoms with van der Waals surface area (Å²) in [7, 11) is 1.54. The van der Waals surface area contributed by atoms with Gasteiger partial charge in [-0.15, -0.1) is 0 Å². The molecule has 0 bridgehead atoms. The quantitative estimate of drug-likeness (QED) is 0.620. The molecule has 3 aromatic rings. The van der Waals surface area contributed by atoms with E-state index in [0.29, 0.717) is 22.8 Å². The maximum Gasteiger partial charge on any atom is 0.269 e. The Kier molecular flexibility index (Phi) is 4.47. The first kappa shape index (κ1) is 18.2. The number of primary amides is 1. The summed E-state index contributed by atoms with van der Waals surface area (Å²) < 4.78 is 5.27. The van der Waals surface area contributed by atoms with Gasteiger partial charge in [-0.3, -0.25) is 9.59 Å². The van der Waals surface area contributed by atoms with E-state index in [1.165, 1.54) is 12.1 Å². The maximum atomic E-state index is 12.3. The van der Waals surface area contributed by atoms with Gasteiger partial charge in [0.05, 0.1) is 7.11 Å². The van der Waals surface area contributed by atoms with Crippen molar-refractivity contribution in [3.63, 3.8) is 0 Å². The predicted octanol–water partition coefficient (Wildman–Crippen LogP) is 2.05. The third-order valence-corrected chi connectivity index (χ3v) is 4.41. The standard InChI is InChI=1S/C20H17N5O4/c1-29-14-7-3-5-12(9-14)25-10-15(27)22-17-16(18(21)28)23-19(24-20(17)25)11-4-2-6-13(26)8-11/h2-9,26H,10H2,1H3,(H2,21,28)(H,22,27). The normalized spacial score (nSPS) is 12.9. The van der Waals surface area contributed by atoms with Gasteiger partial charge in [-0.2, -0.15) is 0 Å². The van der Waals surface area contributed by atoms with Crippen LogP contribution in [-0.2, 0) is 4.79 Å². The number of fused-ring (bicyclic) bond motifs is 1. The average molecular weight is 391 g/mol. The van der Waals surface area contributed by atoms with Crippen LogP contribution in [0.3, 0.4) is 0 Å². The van der Waals surface area contributed by atoms with E-state index < -0.39 is 5.91 Å². The molecule has 9 nitrogen and oxygen atoms in total. The minimum absolute atomic E-state index is 0.0190. The van der Waals surface area contributed by atoms with Gasteiger partial charge in [-0.05, 0) is 24.3 Å². The number of aromatic nitrogens is 2. The van der Waals surface area contributed by atoms with E-state index in [1.807, 2.05) is 0 Å². The lowest BCUT2D eigenvalue weighted by atomic mass is 10.1. The molecule has 1 aliphatic heterocycles. The molecule has 0 aliphatic carbocycles. The minimum atomic E-state index is -0.808. The summed E-state index contributed by atoms with van der Waals surface area (Å²) >= 11 is 0. The van der Waals surface area contributed by atoms with Crippen LogP contribution in [-0.4, -0.2) is 40.5 Å². The number of nitrogens with two attached hydrogens (primary N) is 1. The fourth-order valence-corrected chi connectivity index (χ4v) is 3.10. The monoisotopic (exact) mass is 391 g/mol. The number of phenolic OH excluding ortho intramolecular Hbond substituents is 1. The molecule has 2 amide bonds. The molecule has 2 heterocycles. The van der Waals surface area contributed by atoms with E-state index in [-0.39, 0.29) is 35.4 Å². The molecule has 4 N–H and O–H groups in total. The molecule has 0 radical (unpaired) electrons. The molecule has 0 fully saturated rings. The largest absolute Gasteiger partial charge is 0.508 e. The molecule has 29 heavy (non-hydrogen) atoms. The van der Waals surface area contributed by atoms with Gasteiger partial charge in [0.1, 0.15) is 23.7 Å². The van der Waals surface area contributed by atoms with Gasteiger partial charge in [-0.25, -0.2) is 9.97 Å². The van der Waals surface area contributed by atoms with Crippen LogP contribution in [0.15, 0.2) is 48.5 Å². The van der Waals surface area contributed by atoms with Crippen LogP contribution < -0.4 is 20.7 Å². The molecule has 0 atom stereocenters. The second-order valence-corrected chi connectivity index (χ2v) is 6.34. The van der Waals surface area contributed by atoms with Crippen LogP contribution in [0.1, 0.15) is 10.5 Å². The van der Waals surface area contributed by atoms with E-state index in [0.717, 1.165) is 0 Å². The number of methoxy groups -OCH3 is 1. The van der Waals surface area contributed by atoms with Crippen molar-refractivity contribution in [1.29, 1.82) is 0 Å². The van der Waals surface area contributed by atoms with Gasteiger partial charge in [-0.1, -0.05) is 18.2 Å². The lowest BCUT2D eigenvalue weighted by Gasteiger charge is -2.30. The lowest BCUT2D eigenvalue weighted by Crippen LogP contribution is -2.37. The number of carbonyl (C=O) groups is 2.